The van der Waals surface area contributed by atoms with E-state index in [9.17, 15) is 14.4 Å². The van der Waals surface area contributed by atoms with Crippen LogP contribution in [0.4, 0.5) is 11.5 Å². The maximum Gasteiger partial charge on any atom is 0.295 e. The maximum absolute atomic E-state index is 13.7. The topological polar surface area (TPSA) is 97.2 Å². The Morgan fingerprint density at radius 2 is 1.89 bits per heavy atom. The van der Waals surface area contributed by atoms with Gasteiger partial charge in [0.2, 0.25) is 5.91 Å². The van der Waals surface area contributed by atoms with Crippen LogP contribution in [0.3, 0.4) is 0 Å². The van der Waals surface area contributed by atoms with E-state index in [1.165, 1.54) is 6.92 Å². The van der Waals surface area contributed by atoms with Crippen molar-refractivity contribution in [1.29, 1.82) is 0 Å². The third-order valence-corrected chi connectivity index (χ3v) is 6.77. The van der Waals surface area contributed by atoms with Gasteiger partial charge in [-0.2, -0.15) is 0 Å². The molecule has 8 heteroatoms. The lowest BCUT2D eigenvalue weighted by Crippen LogP contribution is -2.44. The van der Waals surface area contributed by atoms with E-state index in [0.29, 0.717) is 54.3 Å². The second-order valence-electron chi connectivity index (χ2n) is 9.57. The molecule has 4 aromatic rings. The van der Waals surface area contributed by atoms with Gasteiger partial charge in [-0.05, 0) is 56.5 Å². The van der Waals surface area contributed by atoms with Gasteiger partial charge in [0.1, 0.15) is 5.52 Å². The molecule has 1 atom stereocenters. The summed E-state index contributed by atoms with van der Waals surface area (Å²) in [4.78, 5) is 49.6. The number of amides is 1. The van der Waals surface area contributed by atoms with Crippen molar-refractivity contribution < 1.29 is 9.59 Å². The normalized spacial score (nSPS) is 15.5. The number of aryl methyl sites for hydroxylation is 1. The highest BCUT2D eigenvalue weighted by atomic mass is 16.2. The van der Waals surface area contributed by atoms with Gasteiger partial charge in [-0.3, -0.25) is 19.0 Å². The van der Waals surface area contributed by atoms with Crippen LogP contribution in [0.5, 0.6) is 0 Å². The summed E-state index contributed by atoms with van der Waals surface area (Å²) in [5, 5.41) is 2.94. The molecule has 1 amide bonds. The Hall–Kier alpha value is -4.33. The van der Waals surface area contributed by atoms with Gasteiger partial charge in [0.15, 0.2) is 17.2 Å². The van der Waals surface area contributed by atoms with Crippen molar-refractivity contribution in [3.8, 4) is 0 Å². The number of benzene rings is 2. The molecule has 8 nitrogen and oxygen atoms in total. The number of anilines is 2. The SMILES string of the molecule is CC(=O)c1cccc(NC(=O)C2CCCN(c3nc4cccnc4n(Cc4ccc(C)cc4)c3=O)C2)c1. The molecule has 1 aliphatic rings. The Labute approximate surface area is 215 Å². The molecule has 1 aliphatic heterocycles. The molecule has 1 saturated heterocycles. The first-order valence-electron chi connectivity index (χ1n) is 12.5. The summed E-state index contributed by atoms with van der Waals surface area (Å²) in [5.74, 6) is -0.165. The highest BCUT2D eigenvalue weighted by Crippen LogP contribution is 2.23. The first-order chi connectivity index (χ1) is 17.9. The maximum atomic E-state index is 13.7. The van der Waals surface area contributed by atoms with Crippen LogP contribution in [0.2, 0.25) is 0 Å². The minimum absolute atomic E-state index is 0.0567. The van der Waals surface area contributed by atoms with Gasteiger partial charge in [-0.15, -0.1) is 0 Å². The Bertz CT molecular complexity index is 1530. The predicted molar refractivity (Wildman–Crippen MR) is 144 cm³/mol. The predicted octanol–water partition coefficient (Wildman–Crippen LogP) is 4.21. The second-order valence-corrected chi connectivity index (χ2v) is 9.57. The van der Waals surface area contributed by atoms with E-state index < -0.39 is 0 Å². The molecule has 0 bridgehead atoms. The van der Waals surface area contributed by atoms with Gasteiger partial charge >= 0.3 is 0 Å². The molecule has 0 radical (unpaired) electrons. The Kier molecular flexibility index (Phi) is 6.81. The molecular formula is C29H29N5O3. The van der Waals surface area contributed by atoms with Gasteiger partial charge < -0.3 is 10.2 Å². The van der Waals surface area contributed by atoms with Crippen molar-refractivity contribution in [3.63, 3.8) is 0 Å². The number of hydrogen-bond donors (Lipinski definition) is 1. The number of Topliss-reactive ketones (excluding diaryl/α,β-unsaturated/α-hetero) is 1. The summed E-state index contributed by atoms with van der Waals surface area (Å²) in [5.41, 5.74) is 4.24. The number of aromatic nitrogens is 3. The highest BCUT2D eigenvalue weighted by Gasteiger charge is 2.29. The van der Waals surface area contributed by atoms with Crippen LogP contribution in [0.15, 0.2) is 71.7 Å². The summed E-state index contributed by atoms with van der Waals surface area (Å²) < 4.78 is 1.67. The van der Waals surface area contributed by atoms with Gasteiger partial charge in [0.25, 0.3) is 5.56 Å². The fourth-order valence-electron chi connectivity index (χ4n) is 4.74. The molecule has 188 valence electrons. The van der Waals surface area contributed by atoms with Gasteiger partial charge in [0.05, 0.1) is 12.5 Å². The molecule has 1 fully saturated rings. The number of pyridine rings is 1. The largest absolute Gasteiger partial charge is 0.351 e. The monoisotopic (exact) mass is 495 g/mol. The van der Waals surface area contributed by atoms with Crippen molar-refractivity contribution in [2.75, 3.05) is 23.3 Å². The van der Waals surface area contributed by atoms with Crippen molar-refractivity contribution in [3.05, 3.63) is 93.9 Å². The summed E-state index contributed by atoms with van der Waals surface area (Å²) in [7, 11) is 0. The Morgan fingerprint density at radius 3 is 2.68 bits per heavy atom. The summed E-state index contributed by atoms with van der Waals surface area (Å²) in [6.45, 7) is 4.93. The molecule has 5 rings (SSSR count). The number of hydrogen-bond acceptors (Lipinski definition) is 6. The number of rotatable bonds is 6. The van der Waals surface area contributed by atoms with E-state index in [1.54, 1.807) is 41.1 Å². The van der Waals surface area contributed by atoms with Crippen LogP contribution in [0.25, 0.3) is 11.2 Å². The number of carbonyl (C=O) groups is 2. The van der Waals surface area contributed by atoms with E-state index in [1.807, 2.05) is 42.2 Å². The summed E-state index contributed by atoms with van der Waals surface area (Å²) >= 11 is 0. The third-order valence-electron chi connectivity index (χ3n) is 6.77. The number of nitrogens with one attached hydrogen (secondary N) is 1. The minimum atomic E-state index is -0.314. The standard InChI is InChI=1S/C29H29N5O3/c1-19-10-12-21(13-11-19)17-34-26-25(9-4-14-30-26)32-27(29(34)37)33-15-5-7-23(18-33)28(36)31-24-8-3-6-22(16-24)20(2)35/h3-4,6,8-14,16,23H,5,7,15,17-18H2,1-2H3,(H,31,36). The molecular weight excluding hydrogens is 466 g/mol. The molecule has 0 spiro atoms. The second kappa shape index (κ2) is 10.3. The molecule has 0 saturated carbocycles. The fourth-order valence-corrected chi connectivity index (χ4v) is 4.74. The van der Waals surface area contributed by atoms with Gasteiger partial charge in [-0.25, -0.2) is 9.97 Å². The lowest BCUT2D eigenvalue weighted by molar-refractivity contribution is -0.120. The number of carbonyl (C=O) groups excluding carboxylic acids is 2. The minimum Gasteiger partial charge on any atom is -0.351 e. The summed E-state index contributed by atoms with van der Waals surface area (Å²) in [6.07, 6.45) is 3.13. The van der Waals surface area contributed by atoms with Crippen LogP contribution >= 0.6 is 0 Å². The van der Waals surface area contributed by atoms with Crippen LogP contribution in [0, 0.1) is 12.8 Å². The molecule has 3 heterocycles. The molecule has 1 N–H and O–H groups in total. The number of ketones is 1. The Morgan fingerprint density at radius 1 is 1.08 bits per heavy atom. The van der Waals surface area contributed by atoms with Gasteiger partial charge in [-0.1, -0.05) is 42.0 Å². The average Bonchev–Trinajstić information content (AvgIpc) is 2.91. The zero-order valence-corrected chi connectivity index (χ0v) is 21.0. The molecule has 1 unspecified atom stereocenters. The van der Waals surface area contributed by atoms with Gasteiger partial charge in [0, 0.05) is 30.5 Å². The number of nitrogens with zero attached hydrogens (tertiary/aromatic N) is 4. The highest BCUT2D eigenvalue weighted by molar-refractivity contribution is 5.97. The van der Waals surface area contributed by atoms with E-state index in [-0.39, 0.29) is 23.2 Å². The van der Waals surface area contributed by atoms with E-state index in [0.717, 1.165) is 17.5 Å². The van der Waals surface area contributed by atoms with Crippen LogP contribution in [0.1, 0.15) is 41.3 Å². The quantitative estimate of drug-likeness (QED) is 0.403. The van der Waals surface area contributed by atoms with Crippen LogP contribution in [-0.2, 0) is 11.3 Å². The van der Waals surface area contributed by atoms with Crippen LogP contribution in [-0.4, -0.2) is 39.3 Å². The Balaban J connectivity index is 1.42. The zero-order valence-electron chi connectivity index (χ0n) is 21.0. The number of piperidine rings is 1. The fraction of sp³-hybridized carbons (Fsp3) is 0.276. The smallest absolute Gasteiger partial charge is 0.295 e. The summed E-state index contributed by atoms with van der Waals surface area (Å²) in [6, 6.07) is 18.7. The average molecular weight is 496 g/mol. The first-order valence-corrected chi connectivity index (χ1v) is 12.5. The lowest BCUT2D eigenvalue weighted by Gasteiger charge is -2.32. The molecule has 2 aromatic heterocycles. The van der Waals surface area contributed by atoms with Crippen molar-refractivity contribution in [1.82, 2.24) is 14.5 Å². The van der Waals surface area contributed by atoms with E-state index >= 15 is 0 Å². The lowest BCUT2D eigenvalue weighted by atomic mass is 9.97. The van der Waals surface area contributed by atoms with Crippen molar-refractivity contribution in [2.24, 2.45) is 5.92 Å². The number of fused-ring (bicyclic) bond motifs is 1. The van der Waals surface area contributed by atoms with E-state index in [2.05, 4.69) is 15.3 Å². The molecule has 2 aromatic carbocycles. The van der Waals surface area contributed by atoms with Crippen LogP contribution < -0.4 is 15.8 Å². The molecule has 37 heavy (non-hydrogen) atoms. The van der Waals surface area contributed by atoms with E-state index in [4.69, 9.17) is 0 Å². The van der Waals surface area contributed by atoms with Crippen molar-refractivity contribution >= 4 is 34.4 Å². The third kappa shape index (κ3) is 5.28. The zero-order chi connectivity index (χ0) is 25.9. The molecule has 0 aliphatic carbocycles. The van der Waals surface area contributed by atoms with Crippen molar-refractivity contribution in [2.45, 2.75) is 33.2 Å². The first kappa shape index (κ1) is 24.4.